The predicted octanol–water partition coefficient (Wildman–Crippen LogP) is 3.31. The van der Waals surface area contributed by atoms with Crippen LogP contribution in [-0.4, -0.2) is 19.8 Å². The van der Waals surface area contributed by atoms with E-state index in [4.69, 9.17) is 4.74 Å². The van der Waals surface area contributed by atoms with Gasteiger partial charge in [0.15, 0.2) is 0 Å². The van der Waals surface area contributed by atoms with Crippen molar-refractivity contribution < 1.29 is 27.4 Å². The number of hydrogen-bond donors (Lipinski definition) is 1. The number of carbonyl (C=O) groups is 1. The minimum Gasteiger partial charge on any atom is -0.497 e. The monoisotopic (exact) mass is 311 g/mol. The van der Waals surface area contributed by atoms with Crippen LogP contribution in [0.2, 0.25) is 0 Å². The first kappa shape index (κ1) is 16.4. The third kappa shape index (κ3) is 3.69. The standard InChI is InChI=1S/C12H12F3NO3.ClH/c1-18-9-5-7(4-8(6-9)12(13,14)15)10-2-3-19-11(17)16-10;/h4-6,10H,2-3H2,1H3,(H,16,17);1H/t10-;/m0./s1. The van der Waals surface area contributed by atoms with Gasteiger partial charge in [0.05, 0.1) is 25.3 Å². The maximum absolute atomic E-state index is 12.8. The van der Waals surface area contributed by atoms with Crippen molar-refractivity contribution in [2.24, 2.45) is 0 Å². The molecule has 2 rings (SSSR count). The molecule has 20 heavy (non-hydrogen) atoms. The van der Waals surface area contributed by atoms with Gasteiger partial charge in [0.2, 0.25) is 0 Å². The summed E-state index contributed by atoms with van der Waals surface area (Å²) in [4.78, 5) is 11.1. The Morgan fingerprint density at radius 1 is 1.35 bits per heavy atom. The summed E-state index contributed by atoms with van der Waals surface area (Å²) < 4.78 is 47.8. The Hall–Kier alpha value is -1.63. The van der Waals surface area contributed by atoms with E-state index in [-0.39, 0.29) is 24.8 Å². The van der Waals surface area contributed by atoms with Crippen molar-refractivity contribution >= 4 is 18.5 Å². The highest BCUT2D eigenvalue weighted by molar-refractivity contribution is 5.85. The van der Waals surface area contributed by atoms with E-state index in [2.05, 4.69) is 10.1 Å². The lowest BCUT2D eigenvalue weighted by Crippen LogP contribution is -2.35. The van der Waals surface area contributed by atoms with Crippen LogP contribution in [-0.2, 0) is 10.9 Å². The van der Waals surface area contributed by atoms with Crippen molar-refractivity contribution in [3.05, 3.63) is 29.3 Å². The molecule has 1 atom stereocenters. The van der Waals surface area contributed by atoms with E-state index in [1.807, 2.05) is 0 Å². The Morgan fingerprint density at radius 3 is 2.60 bits per heavy atom. The Kier molecular flexibility index (Phi) is 5.10. The van der Waals surface area contributed by atoms with Crippen LogP contribution in [0.15, 0.2) is 18.2 Å². The quantitative estimate of drug-likeness (QED) is 0.911. The Balaban J connectivity index is 0.00000200. The second-order valence-electron chi connectivity index (χ2n) is 4.11. The summed E-state index contributed by atoms with van der Waals surface area (Å²) in [5.74, 6) is 0.102. The van der Waals surface area contributed by atoms with E-state index < -0.39 is 23.9 Å². The Labute approximate surface area is 119 Å². The molecule has 8 heteroatoms. The van der Waals surface area contributed by atoms with Gasteiger partial charge in [0.1, 0.15) is 5.75 Å². The van der Waals surface area contributed by atoms with E-state index in [1.165, 1.54) is 13.2 Å². The highest BCUT2D eigenvalue weighted by atomic mass is 35.5. The minimum absolute atomic E-state index is 0. The molecule has 0 aliphatic carbocycles. The van der Waals surface area contributed by atoms with Gasteiger partial charge in [-0.25, -0.2) is 4.79 Å². The van der Waals surface area contributed by atoms with Crippen molar-refractivity contribution in [1.82, 2.24) is 5.32 Å². The van der Waals surface area contributed by atoms with E-state index in [1.54, 1.807) is 0 Å². The molecular formula is C12H13ClF3NO3. The lowest BCUT2D eigenvalue weighted by Gasteiger charge is -2.24. The molecule has 0 radical (unpaired) electrons. The van der Waals surface area contributed by atoms with E-state index in [9.17, 15) is 18.0 Å². The van der Waals surface area contributed by atoms with E-state index in [0.717, 1.165) is 12.1 Å². The fourth-order valence-electron chi connectivity index (χ4n) is 1.88. The van der Waals surface area contributed by atoms with Crippen LogP contribution in [0.25, 0.3) is 0 Å². The van der Waals surface area contributed by atoms with Crippen molar-refractivity contribution in [1.29, 1.82) is 0 Å². The highest BCUT2D eigenvalue weighted by Crippen LogP contribution is 2.35. The van der Waals surface area contributed by atoms with E-state index in [0.29, 0.717) is 12.0 Å². The number of nitrogens with one attached hydrogen (secondary N) is 1. The van der Waals surface area contributed by atoms with Crippen LogP contribution in [0.3, 0.4) is 0 Å². The van der Waals surface area contributed by atoms with Crippen LogP contribution in [0.4, 0.5) is 18.0 Å². The van der Waals surface area contributed by atoms with Crippen LogP contribution in [0.1, 0.15) is 23.6 Å². The fourth-order valence-corrected chi connectivity index (χ4v) is 1.88. The van der Waals surface area contributed by atoms with Gasteiger partial charge in [-0.15, -0.1) is 12.4 Å². The van der Waals surface area contributed by atoms with Crippen molar-refractivity contribution in [3.8, 4) is 5.75 Å². The zero-order chi connectivity index (χ0) is 14.0. The molecule has 0 aromatic heterocycles. The molecule has 1 N–H and O–H groups in total. The summed E-state index contributed by atoms with van der Waals surface area (Å²) in [6.07, 6.45) is -4.68. The number of ether oxygens (including phenoxy) is 2. The topological polar surface area (TPSA) is 47.6 Å². The van der Waals surface area contributed by atoms with Crippen molar-refractivity contribution in [3.63, 3.8) is 0 Å². The summed E-state index contributed by atoms with van der Waals surface area (Å²) in [6, 6.07) is 2.91. The molecule has 1 heterocycles. The third-order valence-electron chi connectivity index (χ3n) is 2.83. The lowest BCUT2D eigenvalue weighted by atomic mass is 10.00. The number of carbonyl (C=O) groups excluding carboxylic acids is 1. The molecule has 0 saturated carbocycles. The lowest BCUT2D eigenvalue weighted by molar-refractivity contribution is -0.137. The van der Waals surface area contributed by atoms with Crippen LogP contribution < -0.4 is 10.1 Å². The van der Waals surface area contributed by atoms with Crippen LogP contribution in [0, 0.1) is 0 Å². The minimum atomic E-state index is -4.46. The summed E-state index contributed by atoms with van der Waals surface area (Å²) >= 11 is 0. The fraction of sp³-hybridized carbons (Fsp3) is 0.417. The number of amides is 1. The molecule has 1 aliphatic heterocycles. The molecule has 112 valence electrons. The molecule has 1 fully saturated rings. The molecule has 1 aromatic rings. The molecule has 1 saturated heterocycles. The van der Waals surface area contributed by atoms with Gasteiger partial charge in [0.25, 0.3) is 0 Å². The first-order chi connectivity index (χ1) is 8.90. The highest BCUT2D eigenvalue weighted by Gasteiger charge is 2.32. The number of hydrogen-bond acceptors (Lipinski definition) is 3. The average molecular weight is 312 g/mol. The second kappa shape index (κ2) is 6.21. The average Bonchev–Trinajstić information content (AvgIpc) is 2.37. The SMILES string of the molecule is COc1cc([C@@H]2CCOC(=O)N2)cc(C(F)(F)F)c1.Cl. The number of cyclic esters (lactones) is 1. The van der Waals surface area contributed by atoms with Crippen LogP contribution >= 0.6 is 12.4 Å². The Bertz CT molecular complexity index is 493. The van der Waals surface area contributed by atoms with Gasteiger partial charge in [0, 0.05) is 6.42 Å². The third-order valence-corrected chi connectivity index (χ3v) is 2.83. The largest absolute Gasteiger partial charge is 0.497 e. The molecule has 0 unspecified atom stereocenters. The van der Waals surface area contributed by atoms with Gasteiger partial charge >= 0.3 is 12.3 Å². The van der Waals surface area contributed by atoms with Crippen molar-refractivity contribution in [2.75, 3.05) is 13.7 Å². The summed E-state index contributed by atoms with van der Waals surface area (Å²) in [6.45, 7) is 0.176. The molecule has 1 amide bonds. The molecule has 1 aliphatic rings. The number of methoxy groups -OCH3 is 1. The number of halogens is 4. The number of rotatable bonds is 2. The summed E-state index contributed by atoms with van der Waals surface area (Å²) in [7, 11) is 1.29. The summed E-state index contributed by atoms with van der Waals surface area (Å²) in [5, 5.41) is 2.48. The normalized spacial score (nSPS) is 18.6. The maximum atomic E-state index is 12.8. The zero-order valence-electron chi connectivity index (χ0n) is 10.5. The molecule has 4 nitrogen and oxygen atoms in total. The first-order valence-corrected chi connectivity index (χ1v) is 5.59. The van der Waals surface area contributed by atoms with Crippen LogP contribution in [0.5, 0.6) is 5.75 Å². The van der Waals surface area contributed by atoms with Gasteiger partial charge in [-0.05, 0) is 23.8 Å². The first-order valence-electron chi connectivity index (χ1n) is 5.59. The molecule has 1 aromatic carbocycles. The molecule has 0 spiro atoms. The Morgan fingerprint density at radius 2 is 2.05 bits per heavy atom. The van der Waals surface area contributed by atoms with E-state index >= 15 is 0 Å². The predicted molar refractivity (Wildman–Crippen MR) is 67.1 cm³/mol. The molecular weight excluding hydrogens is 299 g/mol. The van der Waals surface area contributed by atoms with Gasteiger partial charge in [-0.3, -0.25) is 0 Å². The smallest absolute Gasteiger partial charge is 0.416 e. The van der Waals surface area contributed by atoms with Gasteiger partial charge in [-0.2, -0.15) is 13.2 Å². The number of alkyl halides is 3. The number of benzene rings is 1. The van der Waals surface area contributed by atoms with Crippen molar-refractivity contribution in [2.45, 2.75) is 18.6 Å². The van der Waals surface area contributed by atoms with Gasteiger partial charge < -0.3 is 14.8 Å². The second-order valence-corrected chi connectivity index (χ2v) is 4.11. The maximum Gasteiger partial charge on any atom is 0.416 e. The summed E-state index contributed by atoms with van der Waals surface area (Å²) in [5.41, 5.74) is -0.453. The molecule has 0 bridgehead atoms. The number of alkyl carbamates (subject to hydrolysis) is 1. The zero-order valence-corrected chi connectivity index (χ0v) is 11.3. The van der Waals surface area contributed by atoms with Gasteiger partial charge in [-0.1, -0.05) is 0 Å².